The molecule has 0 fully saturated rings. The predicted octanol–water partition coefficient (Wildman–Crippen LogP) is 17.5. The Morgan fingerprint density at radius 3 is 0.681 bits per heavy atom. The van der Waals surface area contributed by atoms with Gasteiger partial charge in [-0.05, 0) is 139 Å². The maximum absolute atomic E-state index is 14.7. The number of carbonyl (C=O) groups is 8. The Balaban J connectivity index is 0.682. The zero-order valence-corrected chi connectivity index (χ0v) is 52.8. The Morgan fingerprint density at radius 2 is 0.473 bits per heavy atom. The molecule has 0 aromatic heterocycles. The number of imide groups is 4. The van der Waals surface area contributed by atoms with E-state index in [1.165, 1.54) is 9.80 Å². The first-order valence-corrected chi connectivity index (χ1v) is 33.9. The molecule has 4 heterocycles. The number of carbonyl (C=O) groups excluding carboxylic acids is 8. The van der Waals surface area contributed by atoms with E-state index in [1.807, 2.05) is 72.8 Å². The van der Waals surface area contributed by atoms with Crippen molar-refractivity contribution in [3.05, 3.63) is 142 Å². The first kappa shape index (κ1) is 59.9. The molecule has 8 amide bonds. The van der Waals surface area contributed by atoms with Crippen LogP contribution in [0.15, 0.2) is 97.1 Å². The van der Waals surface area contributed by atoms with E-state index in [-0.39, 0.29) is 62.0 Å². The van der Waals surface area contributed by atoms with Gasteiger partial charge in [-0.15, -0.1) is 0 Å². The van der Waals surface area contributed by atoms with Crippen LogP contribution in [-0.4, -0.2) is 105 Å². The van der Waals surface area contributed by atoms with E-state index in [2.05, 4.69) is 27.7 Å². The quantitative estimate of drug-likeness (QED) is 0.0201. The van der Waals surface area contributed by atoms with Gasteiger partial charge in [-0.3, -0.25) is 58.0 Å². The van der Waals surface area contributed by atoms with E-state index in [0.29, 0.717) is 66.1 Å². The molecule has 0 spiro atoms. The highest BCUT2D eigenvalue weighted by atomic mass is 16.5. The Hall–Kier alpha value is -8.68. The highest BCUT2D eigenvalue weighted by molar-refractivity contribution is 6.43. The molecule has 0 unspecified atom stereocenters. The molecular formula is C78H78N4O9. The van der Waals surface area contributed by atoms with Gasteiger partial charge in [0.25, 0.3) is 47.3 Å². The molecule has 10 aromatic carbocycles. The summed E-state index contributed by atoms with van der Waals surface area (Å²) in [6, 6.07) is 29.6. The molecule has 13 nitrogen and oxygen atoms in total. The van der Waals surface area contributed by atoms with Gasteiger partial charge in [-0.2, -0.15) is 0 Å². The summed E-state index contributed by atoms with van der Waals surface area (Å²) in [6.07, 6.45) is 20.2. The highest BCUT2D eigenvalue weighted by Crippen LogP contribution is 2.49. The van der Waals surface area contributed by atoms with E-state index in [0.717, 1.165) is 193 Å². The third kappa shape index (κ3) is 9.56. The smallest absolute Gasteiger partial charge is 0.261 e. The lowest BCUT2D eigenvalue weighted by atomic mass is 9.82. The molecule has 13 heteroatoms. The standard InChI is InChI=1S/C78H78N4O9/c1-5-9-13-17-21-45(22-18-14-10-6-2)81-75(87)59-37-29-51-47-25-33-55-67-56(34-26-48(63(47)67)52-30-38-60(76(81)88)69(59)65(51)52)72(84)79(71(55)83)41-43-91-44-42-80-73(85)57-35-27-49-53-31-39-61-70-62(40-32-54(66(53)70)50-28-36-58(74(80)86)68(57)64(49)50)78(90)82(77(61)89)46(23-19-15-11-7-3)24-20-16-12-8-4/h25-40,45-46H,5-24,41-44H2,1-4H3. The van der Waals surface area contributed by atoms with Crippen LogP contribution >= 0.6 is 0 Å². The van der Waals surface area contributed by atoms with Gasteiger partial charge in [0.05, 0.1) is 26.3 Å². The number of nitrogens with zero attached hydrogens (tertiary/aromatic N) is 4. The van der Waals surface area contributed by atoms with Gasteiger partial charge in [0.2, 0.25) is 0 Å². The Morgan fingerprint density at radius 1 is 0.264 bits per heavy atom. The number of ether oxygens (including phenoxy) is 1. The fourth-order valence-electron chi connectivity index (χ4n) is 16.2. The first-order chi connectivity index (χ1) is 44.4. The van der Waals surface area contributed by atoms with Crippen LogP contribution in [0.25, 0.3) is 86.2 Å². The van der Waals surface area contributed by atoms with Gasteiger partial charge in [0.15, 0.2) is 0 Å². The molecule has 0 atom stereocenters. The van der Waals surface area contributed by atoms with Gasteiger partial charge in [-0.25, -0.2) is 0 Å². The van der Waals surface area contributed by atoms with Gasteiger partial charge in [0.1, 0.15) is 0 Å². The minimum absolute atomic E-state index is 0.0448. The van der Waals surface area contributed by atoms with Crippen molar-refractivity contribution >= 4 is 133 Å². The largest absolute Gasteiger partial charge is 0.378 e. The number of unbranched alkanes of at least 4 members (excludes halogenated alkanes) is 12. The van der Waals surface area contributed by atoms with Crippen LogP contribution in [0.4, 0.5) is 0 Å². The first-order valence-electron chi connectivity index (χ1n) is 33.9. The molecule has 91 heavy (non-hydrogen) atoms. The van der Waals surface area contributed by atoms with Crippen LogP contribution in [0.5, 0.6) is 0 Å². The summed E-state index contributed by atoms with van der Waals surface area (Å²) in [5.41, 5.74) is 3.59. The summed E-state index contributed by atoms with van der Waals surface area (Å²) in [6.45, 7) is 8.50. The second-order valence-electron chi connectivity index (χ2n) is 26.1. The normalized spacial score (nSPS) is 15.1. The van der Waals surface area contributed by atoms with E-state index in [1.54, 1.807) is 34.1 Å². The number of amides is 8. The number of hydrogen-bond donors (Lipinski definition) is 0. The lowest BCUT2D eigenvalue weighted by Crippen LogP contribution is -2.47. The number of hydrogen-bond acceptors (Lipinski definition) is 9. The van der Waals surface area contributed by atoms with E-state index in [9.17, 15) is 38.4 Å². The van der Waals surface area contributed by atoms with Crippen LogP contribution < -0.4 is 0 Å². The highest BCUT2D eigenvalue weighted by Gasteiger charge is 2.42. The van der Waals surface area contributed by atoms with Crippen molar-refractivity contribution in [2.45, 2.75) is 168 Å². The van der Waals surface area contributed by atoms with Crippen molar-refractivity contribution in [2.24, 2.45) is 0 Å². The van der Waals surface area contributed by atoms with Gasteiger partial charge in [0, 0.05) is 78.1 Å². The molecule has 0 radical (unpaired) electrons. The predicted molar refractivity (Wildman–Crippen MR) is 360 cm³/mol. The van der Waals surface area contributed by atoms with Crippen molar-refractivity contribution in [2.75, 3.05) is 26.3 Å². The zero-order valence-electron chi connectivity index (χ0n) is 52.8. The summed E-state index contributed by atoms with van der Waals surface area (Å²) in [7, 11) is 0. The third-order valence-corrected chi connectivity index (χ3v) is 20.7. The molecule has 0 bridgehead atoms. The molecule has 0 N–H and O–H groups in total. The van der Waals surface area contributed by atoms with Gasteiger partial charge in [-0.1, -0.05) is 179 Å². The minimum Gasteiger partial charge on any atom is -0.378 e. The number of fused-ring (bicyclic) bond motifs is 4. The maximum Gasteiger partial charge on any atom is 0.261 e. The summed E-state index contributed by atoms with van der Waals surface area (Å²) in [5.74, 6) is -2.84. The van der Waals surface area contributed by atoms with Crippen LogP contribution in [0, 0.1) is 0 Å². The zero-order chi connectivity index (χ0) is 62.9. The lowest BCUT2D eigenvalue weighted by molar-refractivity contribution is 0.0447. The molecule has 0 saturated carbocycles. The SMILES string of the molecule is CCCCCCC(CCCCCC)N1C(=O)c2ccc3c4ccc5c6c(ccc(c7ccc(c2c37)C1=O)c64)C(=O)N(CCOCCN1C(=O)c2ccc3c4ccc6c7c(ccc(c8ccc(c2c38)C1=O)c74)C(=O)N(C(CCCCCC)CCCCCC)C6=O)C5=O. The second kappa shape index (κ2) is 24.5. The molecule has 14 rings (SSSR count). The van der Waals surface area contributed by atoms with Crippen LogP contribution in [0.3, 0.4) is 0 Å². The lowest BCUT2D eigenvalue weighted by Gasteiger charge is -2.35. The van der Waals surface area contributed by atoms with E-state index < -0.39 is 23.6 Å². The summed E-state index contributed by atoms with van der Waals surface area (Å²) >= 11 is 0. The average molecular weight is 1220 g/mol. The minimum atomic E-state index is -0.462. The Labute approximate surface area is 529 Å². The number of rotatable bonds is 28. The van der Waals surface area contributed by atoms with E-state index in [4.69, 9.17) is 4.74 Å². The van der Waals surface area contributed by atoms with Crippen LogP contribution in [0.2, 0.25) is 0 Å². The topological polar surface area (TPSA) is 159 Å². The molecule has 10 aromatic rings. The fraction of sp³-hybridized carbons (Fsp3) is 0.385. The van der Waals surface area contributed by atoms with Crippen molar-refractivity contribution in [1.29, 1.82) is 0 Å². The van der Waals surface area contributed by atoms with Crippen molar-refractivity contribution in [1.82, 2.24) is 19.6 Å². The van der Waals surface area contributed by atoms with Crippen molar-refractivity contribution in [3.63, 3.8) is 0 Å². The van der Waals surface area contributed by atoms with Crippen molar-refractivity contribution in [3.8, 4) is 0 Å². The molecular weight excluding hydrogens is 1140 g/mol. The molecule has 464 valence electrons. The Kier molecular flexibility index (Phi) is 16.1. The average Bonchev–Trinajstić information content (AvgIpc) is 0.708. The summed E-state index contributed by atoms with van der Waals surface area (Å²) in [4.78, 5) is 122. The van der Waals surface area contributed by atoms with Gasteiger partial charge < -0.3 is 4.74 Å². The second-order valence-corrected chi connectivity index (χ2v) is 26.1. The number of benzene rings is 10. The third-order valence-electron chi connectivity index (χ3n) is 20.7. The van der Waals surface area contributed by atoms with Gasteiger partial charge >= 0.3 is 0 Å². The molecule has 0 aliphatic carbocycles. The summed E-state index contributed by atoms with van der Waals surface area (Å²) < 4.78 is 6.07. The monoisotopic (exact) mass is 1210 g/mol. The maximum atomic E-state index is 14.7. The van der Waals surface area contributed by atoms with Crippen LogP contribution in [0.1, 0.15) is 239 Å². The fourth-order valence-corrected chi connectivity index (χ4v) is 16.2. The molecule has 4 aliphatic heterocycles. The van der Waals surface area contributed by atoms with Crippen molar-refractivity contribution < 1.29 is 43.1 Å². The van der Waals surface area contributed by atoms with Crippen LogP contribution in [-0.2, 0) is 4.74 Å². The van der Waals surface area contributed by atoms with E-state index >= 15 is 0 Å². The molecule has 0 saturated heterocycles. The summed E-state index contributed by atoms with van der Waals surface area (Å²) in [5, 5.41) is 12.2. The Bertz CT molecular complexity index is 4140. The molecule has 4 aliphatic rings.